The highest BCUT2D eigenvalue weighted by atomic mass is 79.9. The summed E-state index contributed by atoms with van der Waals surface area (Å²) >= 11 is 9.13. The lowest BCUT2D eigenvalue weighted by molar-refractivity contribution is -0.136. The van der Waals surface area contributed by atoms with E-state index in [-0.39, 0.29) is 12.5 Å². The van der Waals surface area contributed by atoms with E-state index in [2.05, 4.69) is 21.2 Å². The van der Waals surface area contributed by atoms with Gasteiger partial charge in [-0.05, 0) is 37.2 Å². The van der Waals surface area contributed by atoms with Gasteiger partial charge in [-0.1, -0.05) is 27.5 Å². The molecule has 0 aliphatic carbocycles. The van der Waals surface area contributed by atoms with Crippen molar-refractivity contribution in [2.75, 3.05) is 7.05 Å². The maximum absolute atomic E-state index is 12.2. The fourth-order valence-corrected chi connectivity index (χ4v) is 2.45. The summed E-state index contributed by atoms with van der Waals surface area (Å²) in [5, 5.41) is 3.37. The Labute approximate surface area is 111 Å². The van der Waals surface area contributed by atoms with E-state index in [1.807, 2.05) is 0 Å². The van der Waals surface area contributed by atoms with Crippen LogP contribution in [0.25, 0.3) is 0 Å². The maximum atomic E-state index is 12.2. The Morgan fingerprint density at radius 3 is 2.47 bits per heavy atom. The number of hydrogen-bond donors (Lipinski definition) is 1. The van der Waals surface area contributed by atoms with Crippen LogP contribution >= 0.6 is 27.5 Å². The lowest BCUT2D eigenvalue weighted by atomic mass is 10.0. The number of hydrogen-bond acceptors (Lipinski definition) is 1. The van der Waals surface area contributed by atoms with Crippen LogP contribution in [-0.4, -0.2) is 13.2 Å². The summed E-state index contributed by atoms with van der Waals surface area (Å²) in [6.07, 6.45) is -4.96. The summed E-state index contributed by atoms with van der Waals surface area (Å²) in [6.45, 7) is 0. The van der Waals surface area contributed by atoms with Gasteiger partial charge in [-0.15, -0.1) is 0 Å². The van der Waals surface area contributed by atoms with Crippen LogP contribution in [0, 0.1) is 0 Å². The summed E-state index contributed by atoms with van der Waals surface area (Å²) in [7, 11) is 1.63. The SMILES string of the molecule is CNC(CCC(F)(F)F)c1cc(Cl)cc(Br)c1. The van der Waals surface area contributed by atoms with Crippen LogP contribution < -0.4 is 5.32 Å². The molecule has 1 aromatic rings. The average molecular weight is 331 g/mol. The Kier molecular flexibility index (Phi) is 5.28. The Bertz CT molecular complexity index is 361. The van der Waals surface area contributed by atoms with E-state index in [0.29, 0.717) is 5.02 Å². The maximum Gasteiger partial charge on any atom is 0.389 e. The van der Waals surface area contributed by atoms with Crippen LogP contribution in [0.5, 0.6) is 0 Å². The van der Waals surface area contributed by atoms with Gasteiger partial charge in [-0.2, -0.15) is 13.2 Å². The third-order valence-corrected chi connectivity index (χ3v) is 3.03. The minimum atomic E-state index is -4.13. The lowest BCUT2D eigenvalue weighted by Gasteiger charge is -2.18. The average Bonchev–Trinajstić information content (AvgIpc) is 2.15. The Morgan fingerprint density at radius 2 is 2.00 bits per heavy atom. The molecule has 0 aliphatic rings. The monoisotopic (exact) mass is 329 g/mol. The minimum absolute atomic E-state index is 0.00716. The molecular formula is C11H12BrClF3N. The topological polar surface area (TPSA) is 12.0 Å². The summed E-state index contributed by atoms with van der Waals surface area (Å²) < 4.78 is 37.2. The lowest BCUT2D eigenvalue weighted by Crippen LogP contribution is -2.19. The molecule has 0 aromatic heterocycles. The highest BCUT2D eigenvalue weighted by Crippen LogP contribution is 2.30. The van der Waals surface area contributed by atoms with Crippen LogP contribution in [0.1, 0.15) is 24.4 Å². The molecule has 0 saturated heterocycles. The Balaban J connectivity index is 2.79. The second-order valence-corrected chi connectivity index (χ2v) is 5.05. The molecule has 1 aromatic carbocycles. The molecule has 1 atom stereocenters. The summed E-state index contributed by atoms with van der Waals surface area (Å²) in [4.78, 5) is 0. The van der Waals surface area contributed by atoms with Crippen LogP contribution in [0.2, 0.25) is 5.02 Å². The molecule has 1 unspecified atom stereocenters. The second-order valence-electron chi connectivity index (χ2n) is 3.70. The first-order valence-corrected chi connectivity index (χ1v) is 6.19. The van der Waals surface area contributed by atoms with Crippen molar-refractivity contribution in [3.63, 3.8) is 0 Å². The van der Waals surface area contributed by atoms with Crippen molar-refractivity contribution in [1.82, 2.24) is 5.32 Å². The van der Waals surface area contributed by atoms with E-state index in [0.717, 1.165) is 10.0 Å². The fraction of sp³-hybridized carbons (Fsp3) is 0.455. The second kappa shape index (κ2) is 6.07. The van der Waals surface area contributed by atoms with Crippen LogP contribution in [0.15, 0.2) is 22.7 Å². The summed E-state index contributed by atoms with van der Waals surface area (Å²) in [5.74, 6) is 0. The normalized spacial score (nSPS) is 13.8. The van der Waals surface area contributed by atoms with Crippen molar-refractivity contribution in [2.45, 2.75) is 25.1 Å². The fourth-order valence-electron chi connectivity index (χ4n) is 1.56. The largest absolute Gasteiger partial charge is 0.389 e. The highest BCUT2D eigenvalue weighted by Gasteiger charge is 2.28. The van der Waals surface area contributed by atoms with Gasteiger partial charge < -0.3 is 5.32 Å². The molecule has 0 aliphatic heterocycles. The van der Waals surface area contributed by atoms with Crippen molar-refractivity contribution in [1.29, 1.82) is 0 Å². The van der Waals surface area contributed by atoms with Crippen LogP contribution in [-0.2, 0) is 0 Å². The number of nitrogens with one attached hydrogen (secondary N) is 1. The van der Waals surface area contributed by atoms with Gasteiger partial charge in [-0.25, -0.2) is 0 Å². The van der Waals surface area contributed by atoms with Crippen molar-refractivity contribution in [2.24, 2.45) is 0 Å². The minimum Gasteiger partial charge on any atom is -0.313 e. The van der Waals surface area contributed by atoms with Crippen molar-refractivity contribution < 1.29 is 13.2 Å². The standard InChI is InChI=1S/C11H12BrClF3N/c1-17-10(2-3-11(14,15)16)7-4-8(12)6-9(13)5-7/h4-6,10,17H,2-3H2,1H3. The smallest absolute Gasteiger partial charge is 0.313 e. The zero-order valence-electron chi connectivity index (χ0n) is 9.11. The molecule has 0 spiro atoms. The van der Waals surface area contributed by atoms with E-state index in [1.165, 1.54) is 0 Å². The molecule has 1 rings (SSSR count). The van der Waals surface area contributed by atoms with Gasteiger partial charge in [0.1, 0.15) is 0 Å². The van der Waals surface area contributed by atoms with E-state index in [9.17, 15) is 13.2 Å². The molecule has 1 nitrogen and oxygen atoms in total. The molecule has 96 valence electrons. The van der Waals surface area contributed by atoms with Gasteiger partial charge in [0.15, 0.2) is 0 Å². The molecule has 0 bridgehead atoms. The quantitative estimate of drug-likeness (QED) is 0.843. The first-order valence-electron chi connectivity index (χ1n) is 5.02. The molecule has 0 heterocycles. The van der Waals surface area contributed by atoms with Crippen LogP contribution in [0.4, 0.5) is 13.2 Å². The third kappa shape index (κ3) is 5.27. The first kappa shape index (κ1) is 14.8. The number of benzene rings is 1. The zero-order valence-corrected chi connectivity index (χ0v) is 11.5. The molecule has 6 heteroatoms. The molecule has 1 N–H and O–H groups in total. The van der Waals surface area contributed by atoms with Crippen molar-refractivity contribution >= 4 is 27.5 Å². The Hall–Kier alpha value is -0.260. The van der Waals surface area contributed by atoms with Gasteiger partial charge in [0.2, 0.25) is 0 Å². The van der Waals surface area contributed by atoms with Gasteiger partial charge in [0.05, 0.1) is 0 Å². The van der Waals surface area contributed by atoms with E-state index in [1.54, 1.807) is 25.2 Å². The van der Waals surface area contributed by atoms with E-state index >= 15 is 0 Å². The van der Waals surface area contributed by atoms with Crippen LogP contribution in [0.3, 0.4) is 0 Å². The molecule has 0 saturated carbocycles. The van der Waals surface area contributed by atoms with Crippen molar-refractivity contribution in [3.8, 4) is 0 Å². The number of rotatable bonds is 4. The predicted molar refractivity (Wildman–Crippen MR) is 66.2 cm³/mol. The molecule has 0 amide bonds. The van der Waals surface area contributed by atoms with E-state index in [4.69, 9.17) is 11.6 Å². The number of alkyl halides is 3. The Morgan fingerprint density at radius 1 is 1.35 bits per heavy atom. The van der Waals surface area contributed by atoms with E-state index < -0.39 is 12.6 Å². The van der Waals surface area contributed by atoms with Gasteiger partial charge in [0.25, 0.3) is 0 Å². The van der Waals surface area contributed by atoms with Gasteiger partial charge >= 0.3 is 6.18 Å². The molecule has 0 radical (unpaired) electrons. The zero-order chi connectivity index (χ0) is 13.1. The molecule has 0 fully saturated rings. The van der Waals surface area contributed by atoms with Crippen molar-refractivity contribution in [3.05, 3.63) is 33.3 Å². The van der Waals surface area contributed by atoms with Gasteiger partial charge in [-0.3, -0.25) is 0 Å². The highest BCUT2D eigenvalue weighted by molar-refractivity contribution is 9.10. The third-order valence-electron chi connectivity index (χ3n) is 2.35. The molecule has 17 heavy (non-hydrogen) atoms. The summed E-state index contributed by atoms with van der Waals surface area (Å²) in [5.41, 5.74) is 0.746. The predicted octanol–water partition coefficient (Wildman–Crippen LogP) is 4.71. The van der Waals surface area contributed by atoms with Gasteiger partial charge in [0, 0.05) is 22.0 Å². The first-order chi connectivity index (χ1) is 7.81. The number of halogens is 5. The molecular weight excluding hydrogens is 318 g/mol. The summed E-state index contributed by atoms with van der Waals surface area (Å²) in [6, 6.07) is 4.78.